The second kappa shape index (κ2) is 7.82. The maximum Gasteiger partial charge on any atom is 0.264 e. The molecule has 4 rings (SSSR count). The average Bonchev–Trinajstić information content (AvgIpc) is 3.32. The molecule has 154 valence electrons. The van der Waals surface area contributed by atoms with Gasteiger partial charge in [0.05, 0.1) is 10.6 Å². The van der Waals surface area contributed by atoms with Crippen LogP contribution in [0, 0.1) is 25.7 Å². The summed E-state index contributed by atoms with van der Waals surface area (Å²) in [5.74, 6) is 1.03. The van der Waals surface area contributed by atoms with E-state index in [0.29, 0.717) is 17.5 Å². The smallest absolute Gasteiger partial charge is 0.264 e. The summed E-state index contributed by atoms with van der Waals surface area (Å²) in [6.07, 6.45) is 4.63. The number of carbonyl (C=O) groups is 1. The van der Waals surface area contributed by atoms with Gasteiger partial charge in [0.2, 0.25) is 5.91 Å². The molecule has 2 aromatic carbocycles. The summed E-state index contributed by atoms with van der Waals surface area (Å²) in [5, 5.41) is 3.12. The van der Waals surface area contributed by atoms with Crippen LogP contribution < -0.4 is 9.62 Å². The number of amides is 1. The van der Waals surface area contributed by atoms with E-state index in [-0.39, 0.29) is 23.4 Å². The molecular formula is C23H28N2O3S. The summed E-state index contributed by atoms with van der Waals surface area (Å²) in [6, 6.07) is 14.0. The molecule has 29 heavy (non-hydrogen) atoms. The van der Waals surface area contributed by atoms with Crippen LogP contribution in [0.3, 0.4) is 0 Å². The van der Waals surface area contributed by atoms with Gasteiger partial charge in [-0.3, -0.25) is 9.10 Å². The van der Waals surface area contributed by atoms with Crippen LogP contribution in [0.25, 0.3) is 0 Å². The molecule has 2 saturated carbocycles. The first-order valence-corrected chi connectivity index (χ1v) is 11.7. The largest absolute Gasteiger partial charge is 0.352 e. The minimum Gasteiger partial charge on any atom is -0.352 e. The van der Waals surface area contributed by atoms with E-state index in [2.05, 4.69) is 5.32 Å². The highest BCUT2D eigenvalue weighted by Crippen LogP contribution is 2.44. The number of rotatable bonds is 6. The van der Waals surface area contributed by atoms with Crippen molar-refractivity contribution in [2.24, 2.45) is 11.8 Å². The van der Waals surface area contributed by atoms with Gasteiger partial charge in [0.1, 0.15) is 6.54 Å². The van der Waals surface area contributed by atoms with E-state index in [1.807, 2.05) is 26.0 Å². The highest BCUT2D eigenvalue weighted by atomic mass is 32.2. The van der Waals surface area contributed by atoms with E-state index >= 15 is 0 Å². The van der Waals surface area contributed by atoms with Crippen molar-refractivity contribution in [3.05, 3.63) is 59.7 Å². The lowest BCUT2D eigenvalue weighted by atomic mass is 9.95. The van der Waals surface area contributed by atoms with E-state index < -0.39 is 10.0 Å². The Balaban J connectivity index is 1.61. The van der Waals surface area contributed by atoms with Crippen molar-refractivity contribution in [1.29, 1.82) is 0 Å². The van der Waals surface area contributed by atoms with E-state index in [9.17, 15) is 13.2 Å². The molecule has 0 heterocycles. The second-order valence-electron chi connectivity index (χ2n) is 8.44. The zero-order chi connectivity index (χ0) is 20.6. The number of hydrogen-bond donors (Lipinski definition) is 1. The number of nitrogens with one attached hydrogen (secondary N) is 1. The maximum absolute atomic E-state index is 13.4. The molecule has 0 aromatic heterocycles. The van der Waals surface area contributed by atoms with Crippen molar-refractivity contribution in [3.63, 3.8) is 0 Å². The molecule has 1 amide bonds. The van der Waals surface area contributed by atoms with Crippen LogP contribution in [0.5, 0.6) is 0 Å². The number of anilines is 1. The number of fused-ring (bicyclic) bond motifs is 2. The van der Waals surface area contributed by atoms with Gasteiger partial charge in [0, 0.05) is 6.04 Å². The third-order valence-corrected chi connectivity index (χ3v) is 8.27. The lowest BCUT2D eigenvalue weighted by Gasteiger charge is -2.27. The molecule has 2 aromatic rings. The Morgan fingerprint density at radius 2 is 1.79 bits per heavy atom. The van der Waals surface area contributed by atoms with E-state index in [1.54, 1.807) is 36.4 Å². The van der Waals surface area contributed by atoms with Crippen LogP contribution in [-0.4, -0.2) is 26.9 Å². The molecule has 2 bridgehead atoms. The van der Waals surface area contributed by atoms with Crippen molar-refractivity contribution >= 4 is 21.6 Å². The van der Waals surface area contributed by atoms with Gasteiger partial charge in [0.15, 0.2) is 0 Å². The summed E-state index contributed by atoms with van der Waals surface area (Å²) in [5.41, 5.74) is 2.58. The molecule has 5 nitrogen and oxygen atoms in total. The molecule has 0 saturated heterocycles. The summed E-state index contributed by atoms with van der Waals surface area (Å²) in [4.78, 5) is 13.1. The van der Waals surface area contributed by atoms with E-state index in [4.69, 9.17) is 0 Å². The number of benzene rings is 2. The van der Waals surface area contributed by atoms with Crippen molar-refractivity contribution < 1.29 is 13.2 Å². The van der Waals surface area contributed by atoms with E-state index in [1.165, 1.54) is 23.6 Å². The predicted molar refractivity (Wildman–Crippen MR) is 114 cm³/mol. The normalized spacial score (nSPS) is 23.2. The minimum absolute atomic E-state index is 0.183. The van der Waals surface area contributed by atoms with Gasteiger partial charge >= 0.3 is 0 Å². The van der Waals surface area contributed by atoms with Crippen molar-refractivity contribution in [2.45, 2.75) is 50.5 Å². The molecule has 6 heteroatoms. The fourth-order valence-corrected chi connectivity index (χ4v) is 6.15. The molecular weight excluding hydrogens is 384 g/mol. The first-order valence-electron chi connectivity index (χ1n) is 10.3. The van der Waals surface area contributed by atoms with E-state index in [0.717, 1.165) is 17.5 Å². The maximum atomic E-state index is 13.4. The fraction of sp³-hybridized carbons (Fsp3) is 0.435. The number of aryl methyl sites for hydroxylation is 2. The first-order chi connectivity index (χ1) is 13.8. The van der Waals surface area contributed by atoms with Crippen LogP contribution in [0.15, 0.2) is 53.4 Å². The molecule has 1 N–H and O–H groups in total. The minimum atomic E-state index is -3.85. The Morgan fingerprint density at radius 3 is 2.41 bits per heavy atom. The quantitative estimate of drug-likeness (QED) is 0.785. The van der Waals surface area contributed by atoms with Gasteiger partial charge in [-0.25, -0.2) is 8.42 Å². The van der Waals surface area contributed by atoms with Crippen molar-refractivity contribution in [3.8, 4) is 0 Å². The van der Waals surface area contributed by atoms with Gasteiger partial charge < -0.3 is 5.32 Å². The zero-order valence-corrected chi connectivity index (χ0v) is 17.8. The number of nitrogens with zero attached hydrogens (tertiary/aromatic N) is 1. The predicted octanol–water partition coefficient (Wildman–Crippen LogP) is 3.80. The average molecular weight is 413 g/mol. The Hall–Kier alpha value is -2.34. The number of hydrogen-bond acceptors (Lipinski definition) is 3. The lowest BCUT2D eigenvalue weighted by Crippen LogP contribution is -2.46. The summed E-state index contributed by atoms with van der Waals surface area (Å²) in [6.45, 7) is 3.71. The van der Waals surface area contributed by atoms with Crippen LogP contribution in [0.1, 0.15) is 36.8 Å². The van der Waals surface area contributed by atoms with Crippen LogP contribution in [0.2, 0.25) is 0 Å². The standard InChI is InChI=1S/C23H28N2O3S/c1-16-8-11-20(12-17(16)2)25(29(27,28)21-6-4-3-5-7-21)15-23(26)24-22-14-18-9-10-19(22)13-18/h3-8,11-12,18-19,22H,9-10,13-15H2,1-2H3,(H,24,26)/t18-,19-,22+/m0/s1. The third-order valence-electron chi connectivity index (χ3n) is 6.48. The molecule has 2 aliphatic rings. The van der Waals surface area contributed by atoms with Crippen LogP contribution in [-0.2, 0) is 14.8 Å². The molecule has 0 aliphatic heterocycles. The van der Waals surface area contributed by atoms with Gasteiger partial charge in [0.25, 0.3) is 10.0 Å². The Kier molecular flexibility index (Phi) is 5.38. The second-order valence-corrected chi connectivity index (χ2v) is 10.3. The molecule has 0 unspecified atom stereocenters. The van der Waals surface area contributed by atoms with Gasteiger partial charge in [-0.05, 0) is 80.3 Å². The molecule has 2 aliphatic carbocycles. The lowest BCUT2D eigenvalue weighted by molar-refractivity contribution is -0.120. The monoisotopic (exact) mass is 412 g/mol. The summed E-state index contributed by atoms with van der Waals surface area (Å²) >= 11 is 0. The van der Waals surface area contributed by atoms with Crippen molar-refractivity contribution in [2.75, 3.05) is 10.8 Å². The first kappa shape index (κ1) is 20.0. The summed E-state index contributed by atoms with van der Waals surface area (Å²) < 4.78 is 28.0. The Morgan fingerprint density at radius 1 is 1.03 bits per heavy atom. The fourth-order valence-electron chi connectivity index (χ4n) is 4.72. The van der Waals surface area contributed by atoms with Crippen LogP contribution in [0.4, 0.5) is 5.69 Å². The molecule has 3 atom stereocenters. The number of sulfonamides is 1. The molecule has 2 fully saturated rings. The van der Waals surface area contributed by atoms with Crippen molar-refractivity contribution in [1.82, 2.24) is 5.32 Å². The topological polar surface area (TPSA) is 66.5 Å². The van der Waals surface area contributed by atoms with Crippen LogP contribution >= 0.6 is 0 Å². The van der Waals surface area contributed by atoms with Gasteiger partial charge in [-0.2, -0.15) is 0 Å². The molecule has 0 spiro atoms. The Bertz CT molecular complexity index is 1000. The van der Waals surface area contributed by atoms with Gasteiger partial charge in [-0.15, -0.1) is 0 Å². The third kappa shape index (κ3) is 4.04. The van der Waals surface area contributed by atoms with Gasteiger partial charge in [-0.1, -0.05) is 30.7 Å². The highest BCUT2D eigenvalue weighted by Gasteiger charge is 2.40. The SMILES string of the molecule is Cc1ccc(N(CC(=O)N[C@@H]2C[C@H]3CC[C@H]2C3)S(=O)(=O)c2ccccc2)cc1C. The Labute approximate surface area is 173 Å². The summed E-state index contributed by atoms with van der Waals surface area (Å²) in [7, 11) is -3.85. The zero-order valence-electron chi connectivity index (χ0n) is 17.0. The number of carbonyl (C=O) groups excluding carboxylic acids is 1. The molecule has 0 radical (unpaired) electrons. The highest BCUT2D eigenvalue weighted by molar-refractivity contribution is 7.92.